The molecule has 1 aliphatic heterocycles. The van der Waals surface area contributed by atoms with E-state index in [9.17, 15) is 10.2 Å². The minimum Gasteiger partial charge on any atom is -0.507 e. The second-order valence-corrected chi connectivity index (χ2v) is 13.3. The molecule has 2 atom stereocenters. The summed E-state index contributed by atoms with van der Waals surface area (Å²) in [5, 5.41) is 31.6. The number of hydrogen-bond donors (Lipinski definition) is 3. The second kappa shape index (κ2) is 8.57. The fourth-order valence-electron chi connectivity index (χ4n) is 7.21. The molecule has 2 aromatic carbocycles. The Morgan fingerprint density at radius 2 is 1.92 bits per heavy atom. The molecule has 1 aliphatic carbocycles. The summed E-state index contributed by atoms with van der Waals surface area (Å²) in [4.78, 5) is 7.36. The first-order valence-electron chi connectivity index (χ1n) is 13.3. The highest BCUT2D eigenvalue weighted by Crippen LogP contribution is 2.54. The van der Waals surface area contributed by atoms with Gasteiger partial charge in [-0.3, -0.25) is 10.00 Å². The first kappa shape index (κ1) is 24.4. The minimum atomic E-state index is 0.120. The monoisotopic (exact) mass is 516 g/mol. The number of phenols is 2. The van der Waals surface area contributed by atoms with Crippen molar-refractivity contribution in [1.82, 2.24) is 20.1 Å². The lowest BCUT2D eigenvalue weighted by Gasteiger charge is -2.40. The Balaban J connectivity index is 1.44. The molecule has 6 nitrogen and oxygen atoms in total. The van der Waals surface area contributed by atoms with E-state index < -0.39 is 0 Å². The SMILES string of the molecule is CCc1cc(-c2n[nH]c(C)c2-c2nc3ccccc3s2)c(O)c(CN2C[C@]3(C)C[C@@H]2CC(C)(C)C3)c1O. The van der Waals surface area contributed by atoms with Crippen molar-refractivity contribution >= 4 is 21.6 Å². The smallest absolute Gasteiger partial charge is 0.133 e. The Bertz CT molecular complexity index is 1470. The first-order valence-corrected chi connectivity index (χ1v) is 14.1. The van der Waals surface area contributed by atoms with Gasteiger partial charge in [-0.2, -0.15) is 5.10 Å². The van der Waals surface area contributed by atoms with Gasteiger partial charge in [0.05, 0.1) is 21.3 Å². The number of aromatic amines is 1. The second-order valence-electron chi connectivity index (χ2n) is 12.3. The predicted octanol–water partition coefficient (Wildman–Crippen LogP) is 7.04. The van der Waals surface area contributed by atoms with Gasteiger partial charge in [-0.25, -0.2) is 4.98 Å². The number of nitrogens with one attached hydrogen (secondary N) is 1. The zero-order valence-corrected chi connectivity index (χ0v) is 23.2. The molecule has 2 fully saturated rings. The van der Waals surface area contributed by atoms with Gasteiger partial charge in [-0.05, 0) is 67.2 Å². The Morgan fingerprint density at radius 3 is 2.68 bits per heavy atom. The van der Waals surface area contributed by atoms with Gasteiger partial charge in [-0.15, -0.1) is 11.3 Å². The molecule has 0 amide bonds. The number of aryl methyl sites for hydroxylation is 2. The molecule has 7 heteroatoms. The van der Waals surface area contributed by atoms with Crippen molar-refractivity contribution in [1.29, 1.82) is 0 Å². The van der Waals surface area contributed by atoms with Gasteiger partial charge in [0.1, 0.15) is 22.2 Å². The number of nitrogens with zero attached hydrogens (tertiary/aromatic N) is 3. The number of thiazole rings is 1. The summed E-state index contributed by atoms with van der Waals surface area (Å²) in [6, 6.07) is 10.5. The van der Waals surface area contributed by atoms with Crippen LogP contribution in [0.5, 0.6) is 11.5 Å². The average molecular weight is 517 g/mol. The van der Waals surface area contributed by atoms with Crippen LogP contribution in [0.4, 0.5) is 0 Å². The number of rotatable bonds is 5. The Kier molecular flexibility index (Phi) is 5.66. The number of benzene rings is 2. The lowest BCUT2D eigenvalue weighted by Crippen LogP contribution is -2.34. The van der Waals surface area contributed by atoms with E-state index in [2.05, 4.69) is 41.9 Å². The van der Waals surface area contributed by atoms with Gasteiger partial charge in [0.25, 0.3) is 0 Å². The van der Waals surface area contributed by atoms with E-state index in [4.69, 9.17) is 4.98 Å². The molecular formula is C30H36N4O2S. The lowest BCUT2D eigenvalue weighted by molar-refractivity contribution is 0.126. The van der Waals surface area contributed by atoms with Crippen molar-refractivity contribution < 1.29 is 10.2 Å². The first-order chi connectivity index (χ1) is 17.6. The van der Waals surface area contributed by atoms with Gasteiger partial charge in [0, 0.05) is 30.4 Å². The van der Waals surface area contributed by atoms with Crippen molar-refractivity contribution in [3.8, 4) is 33.3 Å². The number of H-pyrrole nitrogens is 1. The molecule has 4 aromatic rings. The van der Waals surface area contributed by atoms with Crippen LogP contribution in [-0.4, -0.2) is 42.9 Å². The van der Waals surface area contributed by atoms with Crippen molar-refractivity contribution in [2.45, 2.75) is 72.9 Å². The Morgan fingerprint density at radius 1 is 1.14 bits per heavy atom. The summed E-state index contributed by atoms with van der Waals surface area (Å²) < 4.78 is 1.12. The van der Waals surface area contributed by atoms with E-state index in [1.54, 1.807) is 11.3 Å². The van der Waals surface area contributed by atoms with E-state index in [0.29, 0.717) is 41.2 Å². The van der Waals surface area contributed by atoms with E-state index in [-0.39, 0.29) is 16.9 Å². The van der Waals surface area contributed by atoms with Gasteiger partial charge >= 0.3 is 0 Å². The molecule has 6 rings (SSSR count). The van der Waals surface area contributed by atoms with Crippen LogP contribution in [0.15, 0.2) is 30.3 Å². The molecule has 1 saturated heterocycles. The molecule has 2 aromatic heterocycles. The highest BCUT2D eigenvalue weighted by atomic mass is 32.1. The topological polar surface area (TPSA) is 85.3 Å². The molecule has 37 heavy (non-hydrogen) atoms. The average Bonchev–Trinajstić information content (AvgIpc) is 3.48. The van der Waals surface area contributed by atoms with Crippen LogP contribution < -0.4 is 0 Å². The van der Waals surface area contributed by atoms with Gasteiger partial charge < -0.3 is 10.2 Å². The summed E-state index contributed by atoms with van der Waals surface area (Å²) >= 11 is 1.63. The number of hydrogen-bond acceptors (Lipinski definition) is 6. The molecule has 0 unspecified atom stereocenters. The van der Waals surface area contributed by atoms with E-state index >= 15 is 0 Å². The highest BCUT2D eigenvalue weighted by molar-refractivity contribution is 7.21. The van der Waals surface area contributed by atoms with Crippen molar-refractivity contribution in [2.75, 3.05) is 6.54 Å². The predicted molar refractivity (Wildman–Crippen MR) is 150 cm³/mol. The summed E-state index contributed by atoms with van der Waals surface area (Å²) in [7, 11) is 0. The van der Waals surface area contributed by atoms with Gasteiger partial charge in [0.2, 0.25) is 0 Å². The minimum absolute atomic E-state index is 0.120. The standard InChI is InChI=1S/C30H36N4O2S/c1-6-18-11-20(25-24(17(2)32-33-25)28-31-22-9-7-8-10-23(22)37-28)27(36)21(26(18)35)14-34-16-30(5)13-19(34)12-29(3,4)15-30/h7-11,19,35-36H,6,12-16H2,1-5H3,(H,32,33)/t19-,30+/m0/s1. The normalized spacial score (nSPS) is 23.2. The zero-order chi connectivity index (χ0) is 26.1. The fraction of sp³-hybridized carbons (Fsp3) is 0.467. The molecular weight excluding hydrogens is 480 g/mol. The summed E-state index contributed by atoms with van der Waals surface area (Å²) in [5.41, 5.74) is 6.12. The van der Waals surface area contributed by atoms with Gasteiger partial charge in [0.15, 0.2) is 0 Å². The molecule has 0 spiro atoms. The molecule has 0 radical (unpaired) electrons. The van der Waals surface area contributed by atoms with Crippen LogP contribution in [0.2, 0.25) is 0 Å². The third-order valence-electron chi connectivity index (χ3n) is 8.42. The maximum atomic E-state index is 11.7. The largest absolute Gasteiger partial charge is 0.507 e. The number of aromatic nitrogens is 3. The van der Waals surface area contributed by atoms with Crippen LogP contribution in [0, 0.1) is 17.8 Å². The van der Waals surface area contributed by atoms with Crippen LogP contribution in [0.25, 0.3) is 32.0 Å². The summed E-state index contributed by atoms with van der Waals surface area (Å²) in [5.74, 6) is 0.331. The maximum absolute atomic E-state index is 11.7. The van der Waals surface area contributed by atoms with Crippen LogP contribution in [0.1, 0.15) is 63.8 Å². The summed E-state index contributed by atoms with van der Waals surface area (Å²) in [6.07, 6.45) is 4.20. The number of likely N-dealkylation sites (tertiary alicyclic amines) is 1. The van der Waals surface area contributed by atoms with E-state index in [0.717, 1.165) is 45.0 Å². The fourth-order valence-corrected chi connectivity index (χ4v) is 8.28. The third-order valence-corrected chi connectivity index (χ3v) is 9.48. The van der Waals surface area contributed by atoms with Crippen molar-refractivity contribution in [2.24, 2.45) is 10.8 Å². The third kappa shape index (κ3) is 4.12. The Labute approximate surface area is 222 Å². The number of phenolic OH excluding ortho intramolecular Hbond substituents is 2. The van der Waals surface area contributed by atoms with E-state index in [1.165, 1.54) is 12.8 Å². The molecule has 2 aliphatic rings. The van der Waals surface area contributed by atoms with Crippen molar-refractivity contribution in [3.05, 3.63) is 47.2 Å². The van der Waals surface area contributed by atoms with Crippen LogP contribution in [-0.2, 0) is 13.0 Å². The molecule has 3 N–H and O–H groups in total. The summed E-state index contributed by atoms with van der Waals surface area (Å²) in [6.45, 7) is 12.7. The maximum Gasteiger partial charge on any atom is 0.133 e. The number of fused-ring (bicyclic) bond motifs is 3. The lowest BCUT2D eigenvalue weighted by atomic mass is 9.65. The van der Waals surface area contributed by atoms with Crippen molar-refractivity contribution in [3.63, 3.8) is 0 Å². The molecule has 1 saturated carbocycles. The molecule has 2 bridgehead atoms. The molecule has 194 valence electrons. The van der Waals surface area contributed by atoms with Gasteiger partial charge in [-0.1, -0.05) is 39.8 Å². The van der Waals surface area contributed by atoms with Crippen LogP contribution in [0.3, 0.4) is 0 Å². The number of para-hydroxylation sites is 1. The number of aromatic hydroxyl groups is 2. The van der Waals surface area contributed by atoms with E-state index in [1.807, 2.05) is 38.1 Å². The zero-order valence-electron chi connectivity index (χ0n) is 22.4. The highest BCUT2D eigenvalue weighted by Gasteiger charge is 2.49. The Hall–Kier alpha value is -2.90. The van der Waals surface area contributed by atoms with Crippen LogP contribution >= 0.6 is 11.3 Å². The molecule has 3 heterocycles. The quantitative estimate of drug-likeness (QED) is 0.265.